The van der Waals surface area contributed by atoms with Crippen LogP contribution in [0.5, 0.6) is 0 Å². The van der Waals surface area contributed by atoms with E-state index in [4.69, 9.17) is 5.11 Å². The molecule has 0 bridgehead atoms. The lowest BCUT2D eigenvalue weighted by atomic mass is 10.1. The molecule has 0 unspecified atom stereocenters. The van der Waals surface area contributed by atoms with Crippen molar-refractivity contribution in [3.63, 3.8) is 0 Å². The lowest BCUT2D eigenvalue weighted by Gasteiger charge is -2.23. The third kappa shape index (κ3) is 10.6. The maximum atomic E-state index is 11.9. The predicted molar refractivity (Wildman–Crippen MR) is 80.0 cm³/mol. The van der Waals surface area contributed by atoms with E-state index in [0.717, 1.165) is 0 Å². The summed E-state index contributed by atoms with van der Waals surface area (Å²) in [5.41, 5.74) is -0.311. The van der Waals surface area contributed by atoms with E-state index in [9.17, 15) is 14.4 Å². The van der Waals surface area contributed by atoms with E-state index in [1.54, 1.807) is 0 Å². The molecule has 0 aromatic carbocycles. The number of nitrogens with zero attached hydrogens (tertiary/aromatic N) is 1. The van der Waals surface area contributed by atoms with Crippen LogP contribution in [0.4, 0.5) is 4.79 Å². The number of carboxylic acid groups (broad SMARTS) is 1. The van der Waals surface area contributed by atoms with E-state index in [0.29, 0.717) is 6.54 Å². The van der Waals surface area contributed by atoms with Crippen molar-refractivity contribution in [2.75, 3.05) is 19.6 Å². The van der Waals surface area contributed by atoms with Gasteiger partial charge >= 0.3 is 12.0 Å². The van der Waals surface area contributed by atoms with Gasteiger partial charge in [-0.05, 0) is 26.7 Å². The summed E-state index contributed by atoms with van der Waals surface area (Å²) >= 11 is 0. The molecule has 0 radical (unpaired) electrons. The van der Waals surface area contributed by atoms with Gasteiger partial charge in [-0.2, -0.15) is 0 Å². The van der Waals surface area contributed by atoms with Crippen molar-refractivity contribution in [3.8, 4) is 0 Å². The Morgan fingerprint density at radius 2 is 1.76 bits per heavy atom. The average Bonchev–Trinajstić information content (AvgIpc) is 2.23. The Morgan fingerprint density at radius 1 is 1.19 bits per heavy atom. The van der Waals surface area contributed by atoms with Gasteiger partial charge in [0, 0.05) is 25.0 Å². The molecule has 0 aliphatic rings. The maximum Gasteiger partial charge on any atom is 0.323 e. The van der Waals surface area contributed by atoms with Crippen molar-refractivity contribution in [2.24, 2.45) is 5.92 Å². The van der Waals surface area contributed by atoms with Gasteiger partial charge in [0.1, 0.15) is 6.54 Å². The van der Waals surface area contributed by atoms with Gasteiger partial charge in [0.15, 0.2) is 0 Å². The standard InChI is InChI=1S/C14H27N3O4/c1-10(2)8-17(9-12(19)20)13(21)15-7-6-11(18)16-14(3,4)5/h10H,6-9H2,1-5H3,(H,15,21)(H,16,18)(H,19,20). The second kappa shape index (κ2) is 8.49. The highest BCUT2D eigenvalue weighted by molar-refractivity contribution is 5.81. The zero-order valence-electron chi connectivity index (χ0n) is 13.5. The highest BCUT2D eigenvalue weighted by Gasteiger charge is 2.18. The van der Waals surface area contributed by atoms with Crippen LogP contribution in [0.25, 0.3) is 0 Å². The number of hydrogen-bond acceptors (Lipinski definition) is 3. The molecule has 7 nitrogen and oxygen atoms in total. The maximum absolute atomic E-state index is 11.9. The molecule has 0 aromatic heterocycles. The fourth-order valence-electron chi connectivity index (χ4n) is 1.70. The van der Waals surface area contributed by atoms with Crippen LogP contribution in [-0.2, 0) is 9.59 Å². The van der Waals surface area contributed by atoms with Crippen LogP contribution in [0, 0.1) is 5.92 Å². The molecule has 0 aromatic rings. The molecule has 0 saturated heterocycles. The quantitative estimate of drug-likeness (QED) is 0.654. The lowest BCUT2D eigenvalue weighted by Crippen LogP contribution is -2.46. The molecule has 7 heteroatoms. The fourth-order valence-corrected chi connectivity index (χ4v) is 1.70. The van der Waals surface area contributed by atoms with Gasteiger partial charge in [0.2, 0.25) is 5.91 Å². The Bertz CT molecular complexity index is 375. The predicted octanol–water partition coefficient (Wildman–Crippen LogP) is 1.04. The normalized spacial score (nSPS) is 11.1. The van der Waals surface area contributed by atoms with Gasteiger partial charge in [0.05, 0.1) is 0 Å². The summed E-state index contributed by atoms with van der Waals surface area (Å²) in [4.78, 5) is 35.5. The van der Waals surface area contributed by atoms with E-state index in [-0.39, 0.29) is 36.9 Å². The Kier molecular flexibility index (Phi) is 7.76. The molecule has 0 rings (SSSR count). The molecule has 122 valence electrons. The van der Waals surface area contributed by atoms with Crippen molar-refractivity contribution in [3.05, 3.63) is 0 Å². The second-order valence-corrected chi connectivity index (χ2v) is 6.45. The first-order valence-corrected chi connectivity index (χ1v) is 7.07. The van der Waals surface area contributed by atoms with Crippen molar-refractivity contribution < 1.29 is 19.5 Å². The van der Waals surface area contributed by atoms with Crippen LogP contribution in [0.2, 0.25) is 0 Å². The molecule has 0 atom stereocenters. The molecule has 0 saturated carbocycles. The van der Waals surface area contributed by atoms with Crippen LogP contribution in [0.15, 0.2) is 0 Å². The molecule has 0 aliphatic carbocycles. The summed E-state index contributed by atoms with van der Waals surface area (Å²) < 4.78 is 0. The van der Waals surface area contributed by atoms with E-state index < -0.39 is 12.0 Å². The van der Waals surface area contributed by atoms with E-state index in [1.165, 1.54) is 4.90 Å². The number of hydrogen-bond donors (Lipinski definition) is 3. The molecule has 0 fully saturated rings. The van der Waals surface area contributed by atoms with Gasteiger partial charge in [-0.25, -0.2) is 4.79 Å². The van der Waals surface area contributed by atoms with Crippen molar-refractivity contribution in [1.29, 1.82) is 0 Å². The summed E-state index contributed by atoms with van der Waals surface area (Å²) in [5.74, 6) is -1.05. The van der Waals surface area contributed by atoms with Crippen LogP contribution < -0.4 is 10.6 Å². The number of carbonyl (C=O) groups excluding carboxylic acids is 2. The zero-order chi connectivity index (χ0) is 16.6. The lowest BCUT2D eigenvalue weighted by molar-refractivity contribution is -0.137. The van der Waals surface area contributed by atoms with E-state index in [2.05, 4.69) is 10.6 Å². The van der Waals surface area contributed by atoms with Crippen LogP contribution >= 0.6 is 0 Å². The summed E-state index contributed by atoms with van der Waals surface area (Å²) in [5, 5.41) is 14.2. The highest BCUT2D eigenvalue weighted by atomic mass is 16.4. The second-order valence-electron chi connectivity index (χ2n) is 6.45. The minimum Gasteiger partial charge on any atom is -0.480 e. The molecular weight excluding hydrogens is 274 g/mol. The van der Waals surface area contributed by atoms with Crippen LogP contribution in [0.1, 0.15) is 41.0 Å². The molecule has 0 aliphatic heterocycles. The number of nitrogens with one attached hydrogen (secondary N) is 2. The van der Waals surface area contributed by atoms with E-state index in [1.807, 2.05) is 34.6 Å². The topological polar surface area (TPSA) is 98.7 Å². The number of carbonyl (C=O) groups is 3. The van der Waals surface area contributed by atoms with Crippen LogP contribution in [0.3, 0.4) is 0 Å². The Hall–Kier alpha value is -1.79. The van der Waals surface area contributed by atoms with Gasteiger partial charge in [0.25, 0.3) is 0 Å². The van der Waals surface area contributed by atoms with Crippen LogP contribution in [-0.4, -0.2) is 53.1 Å². The summed E-state index contributed by atoms with van der Waals surface area (Å²) in [6.07, 6.45) is 0.158. The minimum atomic E-state index is -1.06. The highest BCUT2D eigenvalue weighted by Crippen LogP contribution is 2.00. The third-order valence-electron chi connectivity index (χ3n) is 2.34. The third-order valence-corrected chi connectivity index (χ3v) is 2.34. The smallest absolute Gasteiger partial charge is 0.323 e. The molecular formula is C14H27N3O4. The number of urea groups is 1. The molecule has 21 heavy (non-hydrogen) atoms. The summed E-state index contributed by atoms with van der Waals surface area (Å²) in [6, 6.07) is -0.463. The Balaban J connectivity index is 4.25. The molecule has 3 N–H and O–H groups in total. The SMILES string of the molecule is CC(C)CN(CC(=O)O)C(=O)NCCC(=O)NC(C)(C)C. The fraction of sp³-hybridized carbons (Fsp3) is 0.786. The van der Waals surface area contributed by atoms with Gasteiger partial charge < -0.3 is 20.6 Å². The monoisotopic (exact) mass is 301 g/mol. The van der Waals surface area contributed by atoms with Gasteiger partial charge in [-0.1, -0.05) is 13.8 Å². The largest absolute Gasteiger partial charge is 0.480 e. The zero-order valence-corrected chi connectivity index (χ0v) is 13.5. The van der Waals surface area contributed by atoms with Gasteiger partial charge in [-0.15, -0.1) is 0 Å². The number of rotatable bonds is 7. The molecule has 3 amide bonds. The van der Waals surface area contributed by atoms with E-state index >= 15 is 0 Å². The first-order valence-electron chi connectivity index (χ1n) is 7.07. The number of amides is 3. The Labute approximate surface area is 126 Å². The Morgan fingerprint density at radius 3 is 2.19 bits per heavy atom. The van der Waals surface area contributed by atoms with Crippen molar-refractivity contribution in [2.45, 2.75) is 46.6 Å². The minimum absolute atomic E-state index is 0.156. The van der Waals surface area contributed by atoms with Gasteiger partial charge in [-0.3, -0.25) is 9.59 Å². The number of carboxylic acids is 1. The average molecular weight is 301 g/mol. The van der Waals surface area contributed by atoms with Crippen molar-refractivity contribution in [1.82, 2.24) is 15.5 Å². The summed E-state index contributed by atoms with van der Waals surface area (Å²) in [7, 11) is 0. The summed E-state index contributed by atoms with van der Waals surface area (Å²) in [6.45, 7) is 9.61. The number of aliphatic carboxylic acids is 1. The van der Waals surface area contributed by atoms with Crippen molar-refractivity contribution >= 4 is 17.9 Å². The molecule has 0 heterocycles. The first kappa shape index (κ1) is 19.2. The first-order chi connectivity index (χ1) is 9.51. The molecule has 0 spiro atoms.